The summed E-state index contributed by atoms with van der Waals surface area (Å²) in [4.78, 5) is 38.3. The number of nitrogens with one attached hydrogen (secondary N) is 1. The number of fused-ring (bicyclic) bond motifs is 2. The van der Waals surface area contributed by atoms with Crippen molar-refractivity contribution >= 4 is 23.3 Å². The number of hydrogen-bond acceptors (Lipinski definition) is 4. The van der Waals surface area contributed by atoms with Crippen LogP contribution in [0.1, 0.15) is 40.7 Å². The number of ketones is 1. The molecule has 5 heteroatoms. The van der Waals surface area contributed by atoms with Crippen molar-refractivity contribution in [3.05, 3.63) is 65.2 Å². The van der Waals surface area contributed by atoms with Crippen LogP contribution < -0.4 is 5.32 Å². The fraction of sp³-hybridized carbons (Fsp3) is 0.400. The van der Waals surface area contributed by atoms with Crippen molar-refractivity contribution in [3.8, 4) is 0 Å². The zero-order valence-corrected chi connectivity index (χ0v) is 17.4. The van der Waals surface area contributed by atoms with Gasteiger partial charge in [0.05, 0.1) is 5.92 Å². The number of Topliss-reactive ketones (excluding diaryl/α,β-unsaturated/α-hetero) is 1. The highest BCUT2D eigenvalue weighted by atomic mass is 16.5. The van der Waals surface area contributed by atoms with Crippen LogP contribution in [-0.2, 0) is 14.3 Å². The molecule has 0 aromatic heterocycles. The average molecular weight is 405 g/mol. The number of carbonyl (C=O) groups is 3. The first-order valence-electron chi connectivity index (χ1n) is 10.6. The van der Waals surface area contributed by atoms with Crippen molar-refractivity contribution in [2.75, 3.05) is 11.9 Å². The van der Waals surface area contributed by atoms with Crippen molar-refractivity contribution in [2.45, 2.75) is 33.1 Å². The van der Waals surface area contributed by atoms with Gasteiger partial charge in [-0.15, -0.1) is 0 Å². The molecule has 2 saturated carbocycles. The van der Waals surface area contributed by atoms with Gasteiger partial charge in [-0.3, -0.25) is 14.4 Å². The highest BCUT2D eigenvalue weighted by molar-refractivity contribution is 6.01. The number of amides is 1. The first-order chi connectivity index (χ1) is 14.4. The fourth-order valence-electron chi connectivity index (χ4n) is 5.28. The van der Waals surface area contributed by atoms with E-state index in [9.17, 15) is 14.4 Å². The molecule has 4 rings (SSSR count). The van der Waals surface area contributed by atoms with E-state index in [2.05, 4.69) is 5.32 Å². The molecule has 1 amide bonds. The van der Waals surface area contributed by atoms with Gasteiger partial charge in [-0.1, -0.05) is 36.4 Å². The Morgan fingerprint density at radius 3 is 2.23 bits per heavy atom. The summed E-state index contributed by atoms with van der Waals surface area (Å²) >= 11 is 0. The van der Waals surface area contributed by atoms with E-state index in [1.807, 2.05) is 50.2 Å². The molecule has 30 heavy (non-hydrogen) atoms. The number of aryl methyl sites for hydroxylation is 2. The lowest BCUT2D eigenvalue weighted by molar-refractivity contribution is -0.154. The van der Waals surface area contributed by atoms with E-state index in [4.69, 9.17) is 4.74 Å². The summed E-state index contributed by atoms with van der Waals surface area (Å²) in [7, 11) is 0. The Kier molecular flexibility index (Phi) is 5.71. The maximum absolute atomic E-state index is 13.1. The SMILES string of the molecule is Cc1cc(C)cc(NC(=O)COC(=O)[C@@H]2[C@@H]3CC[C@H](C3)[C@@H]2C(=O)c2ccccc2)c1. The molecular weight excluding hydrogens is 378 g/mol. The lowest BCUT2D eigenvalue weighted by Gasteiger charge is -2.28. The fourth-order valence-corrected chi connectivity index (χ4v) is 5.28. The topological polar surface area (TPSA) is 72.5 Å². The Morgan fingerprint density at radius 2 is 1.57 bits per heavy atom. The van der Waals surface area contributed by atoms with E-state index in [0.29, 0.717) is 11.3 Å². The third kappa shape index (κ3) is 4.16. The van der Waals surface area contributed by atoms with E-state index in [-0.39, 0.29) is 36.1 Å². The van der Waals surface area contributed by atoms with Crippen LogP contribution in [0.4, 0.5) is 5.69 Å². The zero-order valence-electron chi connectivity index (χ0n) is 17.4. The Labute approximate surface area is 176 Å². The predicted octanol–water partition coefficient (Wildman–Crippen LogP) is 4.33. The van der Waals surface area contributed by atoms with Gasteiger partial charge in [0.1, 0.15) is 0 Å². The van der Waals surface area contributed by atoms with Gasteiger partial charge in [0.25, 0.3) is 5.91 Å². The Morgan fingerprint density at radius 1 is 0.933 bits per heavy atom. The Hall–Kier alpha value is -2.95. The molecule has 0 radical (unpaired) electrons. The molecule has 2 aliphatic rings. The van der Waals surface area contributed by atoms with Crippen LogP contribution in [0.3, 0.4) is 0 Å². The first-order valence-corrected chi connectivity index (χ1v) is 10.6. The van der Waals surface area contributed by atoms with Crippen LogP contribution in [-0.4, -0.2) is 24.3 Å². The molecule has 5 nitrogen and oxygen atoms in total. The summed E-state index contributed by atoms with van der Waals surface area (Å²) in [5, 5.41) is 2.78. The van der Waals surface area contributed by atoms with E-state index < -0.39 is 11.9 Å². The third-order valence-electron chi connectivity index (χ3n) is 6.40. The van der Waals surface area contributed by atoms with Crippen LogP contribution in [0, 0.1) is 37.5 Å². The number of ether oxygens (including phenoxy) is 1. The van der Waals surface area contributed by atoms with Gasteiger partial charge >= 0.3 is 5.97 Å². The molecule has 0 heterocycles. The molecule has 2 aliphatic carbocycles. The quantitative estimate of drug-likeness (QED) is 0.573. The number of carbonyl (C=O) groups excluding carboxylic acids is 3. The summed E-state index contributed by atoms with van der Waals surface area (Å²) in [5.41, 5.74) is 3.42. The summed E-state index contributed by atoms with van der Waals surface area (Å²) in [6, 6.07) is 14.9. The Balaban J connectivity index is 1.40. The van der Waals surface area contributed by atoms with Crippen LogP contribution >= 0.6 is 0 Å². The van der Waals surface area contributed by atoms with Crippen LogP contribution in [0.2, 0.25) is 0 Å². The molecule has 4 atom stereocenters. The first kappa shape index (κ1) is 20.3. The van der Waals surface area contributed by atoms with Gasteiger partial charge in [0.15, 0.2) is 12.4 Å². The average Bonchev–Trinajstić information content (AvgIpc) is 3.33. The third-order valence-corrected chi connectivity index (χ3v) is 6.40. The second-order valence-electron chi connectivity index (χ2n) is 8.65. The molecule has 156 valence electrons. The minimum Gasteiger partial charge on any atom is -0.455 e. The minimum atomic E-state index is -0.453. The van der Waals surface area contributed by atoms with Crippen LogP contribution in [0.15, 0.2) is 48.5 Å². The molecule has 0 saturated heterocycles. The van der Waals surface area contributed by atoms with Gasteiger partial charge in [-0.25, -0.2) is 0 Å². The predicted molar refractivity (Wildman–Crippen MR) is 114 cm³/mol. The zero-order chi connectivity index (χ0) is 21.3. The number of hydrogen-bond donors (Lipinski definition) is 1. The summed E-state index contributed by atoms with van der Waals surface area (Å²) < 4.78 is 5.39. The van der Waals surface area contributed by atoms with Crippen molar-refractivity contribution in [3.63, 3.8) is 0 Å². The minimum absolute atomic E-state index is 0.0180. The molecule has 2 fully saturated rings. The molecule has 0 spiro atoms. The molecular formula is C25H27NO4. The summed E-state index contributed by atoms with van der Waals surface area (Å²) in [6.07, 6.45) is 2.81. The normalized spacial score (nSPS) is 24.5. The van der Waals surface area contributed by atoms with Gasteiger partial charge < -0.3 is 10.1 Å². The maximum Gasteiger partial charge on any atom is 0.310 e. The highest BCUT2D eigenvalue weighted by Crippen LogP contribution is 2.53. The Bertz CT molecular complexity index is 948. The van der Waals surface area contributed by atoms with Crippen LogP contribution in [0.5, 0.6) is 0 Å². The van der Waals surface area contributed by atoms with Gasteiger partial charge in [0, 0.05) is 17.2 Å². The lowest BCUT2D eigenvalue weighted by Crippen LogP contribution is -2.37. The second kappa shape index (κ2) is 8.42. The molecule has 2 aromatic rings. The summed E-state index contributed by atoms with van der Waals surface area (Å²) in [5.74, 6) is -1.18. The largest absolute Gasteiger partial charge is 0.455 e. The van der Waals surface area contributed by atoms with Crippen molar-refractivity contribution in [2.24, 2.45) is 23.7 Å². The van der Waals surface area contributed by atoms with Crippen molar-refractivity contribution < 1.29 is 19.1 Å². The van der Waals surface area contributed by atoms with Crippen molar-refractivity contribution in [1.29, 1.82) is 0 Å². The van der Waals surface area contributed by atoms with Crippen LogP contribution in [0.25, 0.3) is 0 Å². The van der Waals surface area contributed by atoms with E-state index in [0.717, 1.165) is 30.4 Å². The number of esters is 1. The smallest absolute Gasteiger partial charge is 0.310 e. The standard InChI is InChI=1S/C25H27NO4/c1-15-10-16(2)12-20(11-15)26-21(27)14-30-25(29)23-19-9-8-18(13-19)22(23)24(28)17-6-4-3-5-7-17/h3-7,10-12,18-19,22-23H,8-9,13-14H2,1-2H3,(H,26,27)/t18-,19-,22+,23-/m1/s1. The van der Waals surface area contributed by atoms with Gasteiger partial charge in [-0.05, 0) is 68.2 Å². The van der Waals surface area contributed by atoms with E-state index in [1.54, 1.807) is 12.1 Å². The highest BCUT2D eigenvalue weighted by Gasteiger charge is 2.54. The monoisotopic (exact) mass is 405 g/mol. The molecule has 0 unspecified atom stereocenters. The lowest BCUT2D eigenvalue weighted by atomic mass is 9.75. The summed E-state index contributed by atoms with van der Waals surface area (Å²) in [6.45, 7) is 3.58. The molecule has 0 aliphatic heterocycles. The second-order valence-corrected chi connectivity index (χ2v) is 8.65. The van der Waals surface area contributed by atoms with Crippen molar-refractivity contribution in [1.82, 2.24) is 0 Å². The molecule has 2 aromatic carbocycles. The number of benzene rings is 2. The van der Waals surface area contributed by atoms with E-state index in [1.165, 1.54) is 0 Å². The molecule has 1 N–H and O–H groups in total. The van der Waals surface area contributed by atoms with Gasteiger partial charge in [-0.2, -0.15) is 0 Å². The number of anilines is 1. The maximum atomic E-state index is 13.1. The molecule has 2 bridgehead atoms. The van der Waals surface area contributed by atoms with E-state index >= 15 is 0 Å². The number of rotatable bonds is 6. The van der Waals surface area contributed by atoms with Gasteiger partial charge in [0.2, 0.25) is 0 Å².